The highest BCUT2D eigenvalue weighted by molar-refractivity contribution is 6.07. The van der Waals surface area contributed by atoms with Crippen molar-refractivity contribution in [2.45, 2.75) is 26.2 Å². The van der Waals surface area contributed by atoms with Crippen LogP contribution in [0.25, 0.3) is 0 Å². The number of anilines is 3. The van der Waals surface area contributed by atoms with E-state index in [9.17, 15) is 4.79 Å². The van der Waals surface area contributed by atoms with Gasteiger partial charge >= 0.3 is 0 Å². The molecule has 33 heavy (non-hydrogen) atoms. The van der Waals surface area contributed by atoms with Crippen LogP contribution in [0.15, 0.2) is 66.9 Å². The number of likely N-dealkylation sites (tertiary alicyclic amines) is 1. The Morgan fingerprint density at radius 3 is 2.61 bits per heavy atom. The van der Waals surface area contributed by atoms with E-state index in [2.05, 4.69) is 10.3 Å². The van der Waals surface area contributed by atoms with Crippen molar-refractivity contribution in [2.75, 3.05) is 24.1 Å². The van der Waals surface area contributed by atoms with Crippen LogP contribution < -0.4 is 15.8 Å². The molecule has 1 aliphatic rings. The number of nitrogen functional groups attached to an aromatic ring is 1. The molecular formula is C26H29N5O2. The molecule has 7 nitrogen and oxygen atoms in total. The van der Waals surface area contributed by atoms with Gasteiger partial charge in [-0.05, 0) is 55.3 Å². The van der Waals surface area contributed by atoms with E-state index in [0.29, 0.717) is 35.7 Å². The molecule has 1 unspecified atom stereocenters. The first-order valence-electron chi connectivity index (χ1n) is 11.3. The molecule has 0 radical (unpaired) electrons. The summed E-state index contributed by atoms with van der Waals surface area (Å²) >= 11 is 0. The number of hydrogen-bond acceptors (Lipinski definition) is 6. The number of pyridine rings is 1. The molecule has 4 N–H and O–H groups in total. The standard InChI is InChI=1S/C26H29N5O2/c1-2-23(32)31-16-6-7-18(17-31)24(27)22-14-15-29-26(28)25(22)30-19-10-12-21(13-11-19)33-20-8-4-3-5-9-20/h3-5,8-15,18,27,30H,2,6-7,16-17H2,1H3,(H2,28,29). The molecule has 1 aromatic heterocycles. The summed E-state index contributed by atoms with van der Waals surface area (Å²) in [7, 11) is 0. The van der Waals surface area contributed by atoms with Gasteiger partial charge in [0.2, 0.25) is 5.91 Å². The molecule has 2 heterocycles. The number of aromatic nitrogens is 1. The molecule has 2 aromatic carbocycles. The summed E-state index contributed by atoms with van der Waals surface area (Å²) in [5.41, 5.74) is 8.82. The first-order chi connectivity index (χ1) is 16.0. The van der Waals surface area contributed by atoms with Gasteiger partial charge in [0.1, 0.15) is 17.3 Å². The number of nitrogens with zero attached hydrogens (tertiary/aromatic N) is 2. The fourth-order valence-electron chi connectivity index (χ4n) is 4.09. The van der Waals surface area contributed by atoms with Crippen LogP contribution in [0.1, 0.15) is 31.7 Å². The molecule has 0 spiro atoms. The summed E-state index contributed by atoms with van der Waals surface area (Å²) in [6, 6.07) is 19.0. The average molecular weight is 444 g/mol. The Morgan fingerprint density at radius 1 is 1.15 bits per heavy atom. The monoisotopic (exact) mass is 443 g/mol. The van der Waals surface area contributed by atoms with Gasteiger partial charge in [-0.15, -0.1) is 0 Å². The third-order valence-electron chi connectivity index (χ3n) is 5.86. The maximum absolute atomic E-state index is 12.2. The molecule has 0 bridgehead atoms. The Kier molecular flexibility index (Phi) is 6.88. The molecule has 1 amide bonds. The SMILES string of the molecule is CCC(=O)N1CCCC(C(=N)c2ccnc(N)c2Nc2ccc(Oc3ccccc3)cc2)C1. The van der Waals surface area contributed by atoms with Crippen molar-refractivity contribution >= 4 is 28.8 Å². The lowest BCUT2D eigenvalue weighted by Gasteiger charge is -2.33. The van der Waals surface area contributed by atoms with Gasteiger partial charge in [-0.3, -0.25) is 4.79 Å². The Bertz CT molecular complexity index is 1120. The lowest BCUT2D eigenvalue weighted by molar-refractivity contribution is -0.132. The fourth-order valence-corrected chi connectivity index (χ4v) is 4.09. The van der Waals surface area contributed by atoms with E-state index in [1.54, 1.807) is 6.20 Å². The number of nitrogens with two attached hydrogens (primary N) is 1. The summed E-state index contributed by atoms with van der Waals surface area (Å²) in [6.07, 6.45) is 3.88. The number of ether oxygens (including phenoxy) is 1. The number of nitrogens with one attached hydrogen (secondary N) is 2. The predicted molar refractivity (Wildman–Crippen MR) is 131 cm³/mol. The summed E-state index contributed by atoms with van der Waals surface area (Å²) in [5.74, 6) is 1.94. The molecule has 1 fully saturated rings. The Labute approximate surface area is 194 Å². The maximum atomic E-state index is 12.2. The summed E-state index contributed by atoms with van der Waals surface area (Å²) in [6.45, 7) is 3.20. The lowest BCUT2D eigenvalue weighted by atomic mass is 9.88. The number of carbonyl (C=O) groups excluding carboxylic acids is 1. The highest BCUT2D eigenvalue weighted by atomic mass is 16.5. The fraction of sp³-hybridized carbons (Fsp3) is 0.269. The highest BCUT2D eigenvalue weighted by Gasteiger charge is 2.28. The minimum atomic E-state index is -0.0294. The molecule has 1 aliphatic heterocycles. The molecule has 4 rings (SSSR count). The zero-order valence-corrected chi connectivity index (χ0v) is 18.8. The number of carbonyl (C=O) groups is 1. The van der Waals surface area contributed by atoms with Crippen molar-refractivity contribution in [3.63, 3.8) is 0 Å². The molecule has 0 aliphatic carbocycles. The quantitative estimate of drug-likeness (QED) is 0.435. The van der Waals surface area contributed by atoms with Gasteiger partial charge in [-0.1, -0.05) is 25.1 Å². The maximum Gasteiger partial charge on any atom is 0.222 e. The number of rotatable bonds is 7. The van der Waals surface area contributed by atoms with E-state index in [1.807, 2.05) is 72.5 Å². The van der Waals surface area contributed by atoms with Crippen molar-refractivity contribution in [1.82, 2.24) is 9.88 Å². The van der Waals surface area contributed by atoms with Crippen molar-refractivity contribution < 1.29 is 9.53 Å². The Balaban J connectivity index is 1.51. The minimum Gasteiger partial charge on any atom is -0.457 e. The van der Waals surface area contributed by atoms with Crippen LogP contribution in [0.3, 0.4) is 0 Å². The molecule has 0 saturated carbocycles. The van der Waals surface area contributed by atoms with Crippen molar-refractivity contribution in [1.29, 1.82) is 5.41 Å². The second kappa shape index (κ2) is 10.2. The summed E-state index contributed by atoms with van der Waals surface area (Å²) in [4.78, 5) is 18.3. The summed E-state index contributed by atoms with van der Waals surface area (Å²) in [5, 5.41) is 12.2. The van der Waals surface area contributed by atoms with E-state index in [4.69, 9.17) is 15.9 Å². The normalized spacial score (nSPS) is 15.7. The van der Waals surface area contributed by atoms with Crippen molar-refractivity contribution in [3.8, 4) is 11.5 Å². The lowest BCUT2D eigenvalue weighted by Crippen LogP contribution is -2.42. The van der Waals surface area contributed by atoms with Crippen LogP contribution in [-0.4, -0.2) is 34.6 Å². The molecule has 170 valence electrons. The largest absolute Gasteiger partial charge is 0.457 e. The molecule has 1 saturated heterocycles. The topological polar surface area (TPSA) is 104 Å². The van der Waals surface area contributed by atoms with Crippen LogP contribution in [0, 0.1) is 11.3 Å². The Hall–Kier alpha value is -3.87. The minimum absolute atomic E-state index is 0.0294. The first-order valence-corrected chi connectivity index (χ1v) is 11.3. The number of para-hydroxylation sites is 1. The second-order valence-electron chi connectivity index (χ2n) is 8.13. The molecule has 1 atom stereocenters. The number of benzene rings is 2. The third kappa shape index (κ3) is 5.31. The van der Waals surface area contributed by atoms with Crippen LogP contribution in [0.2, 0.25) is 0 Å². The summed E-state index contributed by atoms with van der Waals surface area (Å²) < 4.78 is 5.86. The van der Waals surface area contributed by atoms with Crippen LogP contribution in [0.4, 0.5) is 17.2 Å². The van der Waals surface area contributed by atoms with E-state index in [-0.39, 0.29) is 11.8 Å². The Morgan fingerprint density at radius 2 is 1.88 bits per heavy atom. The number of hydrogen-bond donors (Lipinski definition) is 3. The van der Waals surface area contributed by atoms with Crippen LogP contribution in [-0.2, 0) is 4.79 Å². The smallest absolute Gasteiger partial charge is 0.222 e. The zero-order chi connectivity index (χ0) is 23.2. The van der Waals surface area contributed by atoms with Gasteiger partial charge in [0, 0.05) is 48.6 Å². The molecule has 3 aromatic rings. The highest BCUT2D eigenvalue weighted by Crippen LogP contribution is 2.31. The van der Waals surface area contributed by atoms with Gasteiger partial charge < -0.3 is 26.1 Å². The average Bonchev–Trinajstić information content (AvgIpc) is 2.86. The molecular weight excluding hydrogens is 414 g/mol. The number of amides is 1. The van der Waals surface area contributed by atoms with Gasteiger partial charge in [-0.25, -0.2) is 4.98 Å². The first kappa shape index (κ1) is 22.3. The third-order valence-corrected chi connectivity index (χ3v) is 5.86. The van der Waals surface area contributed by atoms with Crippen molar-refractivity contribution in [3.05, 3.63) is 72.4 Å². The second-order valence-corrected chi connectivity index (χ2v) is 8.13. The van der Waals surface area contributed by atoms with E-state index in [1.165, 1.54) is 0 Å². The van der Waals surface area contributed by atoms with Crippen molar-refractivity contribution in [2.24, 2.45) is 5.92 Å². The van der Waals surface area contributed by atoms with E-state index >= 15 is 0 Å². The van der Waals surface area contributed by atoms with Gasteiger partial charge in [0.05, 0.1) is 5.69 Å². The van der Waals surface area contributed by atoms with E-state index in [0.717, 1.165) is 36.6 Å². The van der Waals surface area contributed by atoms with Gasteiger partial charge in [0.25, 0.3) is 0 Å². The van der Waals surface area contributed by atoms with Crippen LogP contribution in [0.5, 0.6) is 11.5 Å². The van der Waals surface area contributed by atoms with Gasteiger partial charge in [0.15, 0.2) is 0 Å². The van der Waals surface area contributed by atoms with Crippen LogP contribution >= 0.6 is 0 Å². The predicted octanol–water partition coefficient (Wildman–Crippen LogP) is 5.22. The van der Waals surface area contributed by atoms with Gasteiger partial charge in [-0.2, -0.15) is 0 Å². The molecule has 7 heteroatoms. The van der Waals surface area contributed by atoms with E-state index < -0.39 is 0 Å². The zero-order valence-electron chi connectivity index (χ0n) is 18.8. The number of piperidine rings is 1.